The number of amidine groups is 1. The Kier molecular flexibility index (Phi) is 2.40. The van der Waals surface area contributed by atoms with E-state index in [0.717, 1.165) is 0 Å². The molecule has 3 nitrogen and oxygen atoms in total. The minimum Gasteiger partial charge on any atom is -0.372 e. The van der Waals surface area contributed by atoms with Crippen LogP contribution >= 0.6 is 0 Å². The molecule has 0 radical (unpaired) electrons. The summed E-state index contributed by atoms with van der Waals surface area (Å²) in [6.45, 7) is 0.347. The molecule has 0 aromatic rings. The molecule has 0 aliphatic carbocycles. The predicted molar refractivity (Wildman–Crippen MR) is 23.0 cm³/mol. The first kappa shape index (κ1) is 5.43. The van der Waals surface area contributed by atoms with E-state index in [1.165, 1.54) is 0 Å². The smallest absolute Gasteiger partial charge is 0.264 e. The van der Waals surface area contributed by atoms with Crippen molar-refractivity contribution in [3.8, 4) is 0 Å². The Labute approximate surface area is 36.6 Å². The third kappa shape index (κ3) is 3.43. The summed E-state index contributed by atoms with van der Waals surface area (Å²) < 4.78 is 4.52. The average Bonchev–Trinajstić information content (AvgIpc) is 1.35. The number of nitrogens with two attached hydrogens (primary N) is 2. The topological polar surface area (TPSA) is 60.8 Å². The summed E-state index contributed by atoms with van der Waals surface area (Å²) in [5.74, 6) is 0.317. The first-order chi connectivity index (χ1) is 2.77. The van der Waals surface area contributed by atoms with E-state index in [9.17, 15) is 0 Å². The fourth-order valence-electron chi connectivity index (χ4n) is 0.167. The van der Waals surface area contributed by atoms with Crippen LogP contribution in [0.15, 0.2) is 0 Å². The molecule has 0 aromatic heterocycles. The highest BCUT2D eigenvalue weighted by molar-refractivity contribution is 5.74. The summed E-state index contributed by atoms with van der Waals surface area (Å²) in [4.78, 5) is 0. The van der Waals surface area contributed by atoms with Crippen LogP contribution in [0.25, 0.3) is 0 Å². The molecular weight excluding hydrogens is 80.0 g/mol. The molecule has 0 unspecified atom stereocenters. The van der Waals surface area contributed by atoms with E-state index in [1.807, 2.05) is 0 Å². The quantitative estimate of drug-likeness (QED) is 0.296. The average molecular weight is 89.1 g/mol. The Hall–Kier alpha value is -0.570. The van der Waals surface area contributed by atoms with Gasteiger partial charge in [0.05, 0.1) is 0 Å². The van der Waals surface area contributed by atoms with Crippen molar-refractivity contribution >= 4 is 5.84 Å². The van der Waals surface area contributed by atoms with Crippen LogP contribution in [0.3, 0.4) is 0 Å². The molecule has 0 saturated heterocycles. The van der Waals surface area contributed by atoms with E-state index < -0.39 is 0 Å². The van der Waals surface area contributed by atoms with Gasteiger partial charge in [-0.1, -0.05) is 0 Å². The van der Waals surface area contributed by atoms with Gasteiger partial charge < -0.3 is 4.74 Å². The zero-order chi connectivity index (χ0) is 4.99. The van der Waals surface area contributed by atoms with E-state index >= 15 is 0 Å². The fraction of sp³-hybridized carbons (Fsp3) is 0.667. The molecule has 0 aromatic carbocycles. The molecule has 0 aliphatic heterocycles. The molecule has 0 heterocycles. The summed E-state index contributed by atoms with van der Waals surface area (Å²) in [5.41, 5.74) is 4.97. The zero-order valence-electron chi connectivity index (χ0n) is 3.77. The standard InChI is InChI=1S/C3H8N2O/c1-6-2-3(4)5/h2H2,1H3,(H3,4,5)/p+1. The van der Waals surface area contributed by atoms with E-state index in [1.54, 1.807) is 7.11 Å². The summed E-state index contributed by atoms with van der Waals surface area (Å²) in [5, 5.41) is 4.97. The molecule has 0 amide bonds. The lowest BCUT2D eigenvalue weighted by Gasteiger charge is -1.83. The van der Waals surface area contributed by atoms with Crippen LogP contribution in [0.5, 0.6) is 0 Å². The Morgan fingerprint density at radius 1 is 2.00 bits per heavy atom. The van der Waals surface area contributed by atoms with Gasteiger partial charge in [-0.3, -0.25) is 11.1 Å². The lowest BCUT2D eigenvalue weighted by atomic mass is 10.7. The van der Waals surface area contributed by atoms with Crippen LogP contribution in [-0.4, -0.2) is 19.6 Å². The van der Waals surface area contributed by atoms with E-state index in [0.29, 0.717) is 12.4 Å². The second-order valence-electron chi connectivity index (χ2n) is 1.01. The summed E-state index contributed by atoms with van der Waals surface area (Å²) in [6, 6.07) is 0. The molecular formula is C3H9N2O+. The molecule has 0 spiro atoms. The van der Waals surface area contributed by atoms with Gasteiger partial charge >= 0.3 is 0 Å². The molecule has 0 atom stereocenters. The Bertz CT molecular complexity index is 52.8. The highest BCUT2D eigenvalue weighted by Gasteiger charge is 1.86. The number of rotatable bonds is 2. The van der Waals surface area contributed by atoms with Crippen molar-refractivity contribution < 1.29 is 10.1 Å². The van der Waals surface area contributed by atoms with Gasteiger partial charge in [-0.25, -0.2) is 0 Å². The second-order valence-corrected chi connectivity index (χ2v) is 1.01. The van der Waals surface area contributed by atoms with Gasteiger partial charge in [-0.05, 0) is 0 Å². The largest absolute Gasteiger partial charge is 0.372 e. The van der Waals surface area contributed by atoms with E-state index in [4.69, 9.17) is 11.1 Å². The Morgan fingerprint density at radius 3 is 2.50 bits per heavy atom. The molecule has 4 N–H and O–H groups in total. The van der Waals surface area contributed by atoms with Crippen molar-refractivity contribution in [2.45, 2.75) is 0 Å². The lowest BCUT2D eigenvalue weighted by molar-refractivity contribution is -0.121. The fourth-order valence-corrected chi connectivity index (χ4v) is 0.167. The molecule has 0 rings (SSSR count). The number of hydrogen-bond donors (Lipinski definition) is 2. The van der Waals surface area contributed by atoms with Crippen molar-refractivity contribution in [3.05, 3.63) is 0 Å². The SMILES string of the molecule is COCC(N)=[NH2+]. The normalized spacial score (nSPS) is 8.17. The zero-order valence-corrected chi connectivity index (χ0v) is 3.77. The third-order valence-corrected chi connectivity index (χ3v) is 0.311. The maximum Gasteiger partial charge on any atom is 0.264 e. The molecule has 0 bridgehead atoms. The summed E-state index contributed by atoms with van der Waals surface area (Å²) in [7, 11) is 1.54. The van der Waals surface area contributed by atoms with Gasteiger partial charge in [-0.15, -0.1) is 0 Å². The van der Waals surface area contributed by atoms with Crippen molar-refractivity contribution in [2.75, 3.05) is 13.7 Å². The van der Waals surface area contributed by atoms with Gasteiger partial charge in [0, 0.05) is 7.11 Å². The minimum atomic E-state index is 0.317. The summed E-state index contributed by atoms with van der Waals surface area (Å²) >= 11 is 0. The Morgan fingerprint density at radius 2 is 2.50 bits per heavy atom. The molecule has 36 valence electrons. The highest BCUT2D eigenvalue weighted by atomic mass is 16.5. The molecule has 3 heteroatoms. The van der Waals surface area contributed by atoms with Crippen LogP contribution in [0.4, 0.5) is 0 Å². The lowest BCUT2D eigenvalue weighted by Crippen LogP contribution is -2.48. The molecule has 0 aliphatic rings. The first-order valence-electron chi connectivity index (χ1n) is 1.63. The maximum atomic E-state index is 4.97. The van der Waals surface area contributed by atoms with Crippen molar-refractivity contribution in [2.24, 2.45) is 5.73 Å². The predicted octanol–water partition coefficient (Wildman–Crippen LogP) is -2.25. The number of methoxy groups -OCH3 is 1. The highest BCUT2D eigenvalue weighted by Crippen LogP contribution is 1.54. The minimum absolute atomic E-state index is 0.317. The van der Waals surface area contributed by atoms with Gasteiger partial charge in [-0.2, -0.15) is 0 Å². The molecule has 0 saturated carbocycles. The third-order valence-electron chi connectivity index (χ3n) is 0.311. The van der Waals surface area contributed by atoms with E-state index in [-0.39, 0.29) is 0 Å². The molecule has 6 heavy (non-hydrogen) atoms. The van der Waals surface area contributed by atoms with Gasteiger partial charge in [0.15, 0.2) is 0 Å². The molecule has 0 fully saturated rings. The monoisotopic (exact) mass is 89.1 g/mol. The second kappa shape index (κ2) is 2.66. The maximum absolute atomic E-state index is 4.97. The van der Waals surface area contributed by atoms with Crippen molar-refractivity contribution in [1.82, 2.24) is 0 Å². The van der Waals surface area contributed by atoms with Crippen molar-refractivity contribution in [1.29, 1.82) is 0 Å². The van der Waals surface area contributed by atoms with Crippen molar-refractivity contribution in [3.63, 3.8) is 0 Å². The number of hydrogen-bond acceptors (Lipinski definition) is 1. The van der Waals surface area contributed by atoms with Crippen LogP contribution in [-0.2, 0) is 4.74 Å². The Balaban J connectivity index is 2.83. The van der Waals surface area contributed by atoms with Gasteiger partial charge in [0.1, 0.15) is 6.61 Å². The van der Waals surface area contributed by atoms with Gasteiger partial charge in [0.25, 0.3) is 5.84 Å². The van der Waals surface area contributed by atoms with Crippen LogP contribution in [0, 0.1) is 0 Å². The van der Waals surface area contributed by atoms with Gasteiger partial charge in [0.2, 0.25) is 0 Å². The number of ether oxygens (including phenoxy) is 1. The summed E-state index contributed by atoms with van der Waals surface area (Å²) in [6.07, 6.45) is 0. The van der Waals surface area contributed by atoms with Crippen LogP contribution in [0.2, 0.25) is 0 Å². The van der Waals surface area contributed by atoms with Crippen LogP contribution < -0.4 is 11.1 Å². The first-order valence-corrected chi connectivity index (χ1v) is 1.63. The van der Waals surface area contributed by atoms with E-state index in [2.05, 4.69) is 4.74 Å². The van der Waals surface area contributed by atoms with Crippen LogP contribution in [0.1, 0.15) is 0 Å².